The Kier molecular flexibility index (Phi) is 7.35. The van der Waals surface area contributed by atoms with Crippen molar-refractivity contribution in [1.29, 1.82) is 0 Å². The Balaban J connectivity index is 1.12. The third-order valence-electron chi connectivity index (χ3n) is 8.83. The van der Waals surface area contributed by atoms with Gasteiger partial charge in [-0.2, -0.15) is 0 Å². The Morgan fingerprint density at radius 3 is 2.36 bits per heavy atom. The van der Waals surface area contributed by atoms with Crippen LogP contribution in [0.3, 0.4) is 0 Å². The standard InChI is InChI=1S/C31H33Cl2N9/c1-40-10-12-41(13-11-40)22-6-8-23(9-7-22)42-17-24(28-29(34)36-18-37-30(28)42)19-2-4-21(5-3-19)38-31-35-16-20-14-25(32)26(33)15-27(20)39-31/h2-5,14-18,22-23H,6-13H2,1H3,(H2,34,36,37)(H,35,38,39)/t22-,23+. The minimum absolute atomic E-state index is 0.397. The van der Waals surface area contributed by atoms with Crippen LogP contribution in [0.4, 0.5) is 17.5 Å². The molecule has 0 radical (unpaired) electrons. The molecule has 9 nitrogen and oxygen atoms in total. The van der Waals surface area contributed by atoms with Gasteiger partial charge in [0.1, 0.15) is 17.8 Å². The molecule has 0 bridgehead atoms. The normalized spacial score (nSPS) is 20.4. The van der Waals surface area contributed by atoms with Crippen molar-refractivity contribution in [3.05, 3.63) is 65.2 Å². The maximum Gasteiger partial charge on any atom is 0.227 e. The Morgan fingerprint density at radius 1 is 0.881 bits per heavy atom. The number of fused-ring (bicyclic) bond motifs is 2. The quantitative estimate of drug-likeness (QED) is 0.238. The van der Waals surface area contributed by atoms with Gasteiger partial charge in [0.15, 0.2) is 0 Å². The summed E-state index contributed by atoms with van der Waals surface area (Å²) >= 11 is 12.3. The molecule has 5 aromatic rings. The van der Waals surface area contributed by atoms with Crippen molar-refractivity contribution in [3.8, 4) is 11.1 Å². The average Bonchev–Trinajstić information content (AvgIpc) is 3.40. The fraction of sp³-hybridized carbons (Fsp3) is 0.355. The van der Waals surface area contributed by atoms with E-state index in [4.69, 9.17) is 33.9 Å². The van der Waals surface area contributed by atoms with Crippen LogP contribution in [0, 0.1) is 0 Å². The predicted molar refractivity (Wildman–Crippen MR) is 171 cm³/mol. The van der Waals surface area contributed by atoms with Crippen LogP contribution < -0.4 is 11.1 Å². The van der Waals surface area contributed by atoms with Crippen molar-refractivity contribution in [1.82, 2.24) is 34.3 Å². The molecule has 0 atom stereocenters. The number of nitrogen functional groups attached to an aromatic ring is 1. The van der Waals surface area contributed by atoms with E-state index >= 15 is 0 Å². The minimum atomic E-state index is 0.397. The van der Waals surface area contributed by atoms with Crippen LogP contribution in [-0.2, 0) is 0 Å². The van der Waals surface area contributed by atoms with Gasteiger partial charge in [0.2, 0.25) is 5.95 Å². The van der Waals surface area contributed by atoms with Crippen LogP contribution in [0.2, 0.25) is 10.0 Å². The molecule has 4 heterocycles. The first-order valence-electron chi connectivity index (χ1n) is 14.5. The van der Waals surface area contributed by atoms with E-state index in [9.17, 15) is 0 Å². The number of nitrogens with two attached hydrogens (primary N) is 1. The van der Waals surface area contributed by atoms with Gasteiger partial charge in [-0.05, 0) is 62.6 Å². The van der Waals surface area contributed by atoms with Crippen molar-refractivity contribution >= 4 is 62.6 Å². The molecule has 1 saturated heterocycles. The lowest BCUT2D eigenvalue weighted by Crippen LogP contribution is -2.49. The second kappa shape index (κ2) is 11.3. The molecule has 11 heteroatoms. The fourth-order valence-electron chi connectivity index (χ4n) is 6.44. The minimum Gasteiger partial charge on any atom is -0.383 e. The summed E-state index contributed by atoms with van der Waals surface area (Å²) in [5.41, 5.74) is 11.0. The van der Waals surface area contributed by atoms with Crippen molar-refractivity contribution in [3.63, 3.8) is 0 Å². The second-order valence-corrected chi connectivity index (χ2v) is 12.2. The Labute approximate surface area is 254 Å². The maximum atomic E-state index is 6.44. The van der Waals surface area contributed by atoms with E-state index in [1.165, 1.54) is 25.9 Å². The van der Waals surface area contributed by atoms with Crippen LogP contribution in [0.5, 0.6) is 0 Å². The zero-order chi connectivity index (χ0) is 28.8. The van der Waals surface area contributed by atoms with E-state index in [0.717, 1.165) is 64.7 Å². The third-order valence-corrected chi connectivity index (χ3v) is 9.55. The van der Waals surface area contributed by atoms with Gasteiger partial charge in [0.05, 0.1) is 20.9 Å². The molecular formula is C31H33Cl2N9. The van der Waals surface area contributed by atoms with Crippen molar-refractivity contribution < 1.29 is 0 Å². The maximum absolute atomic E-state index is 6.44. The molecule has 3 N–H and O–H groups in total. The van der Waals surface area contributed by atoms with Gasteiger partial charge in [0.25, 0.3) is 0 Å². The number of nitrogens with zero attached hydrogens (tertiary/aromatic N) is 7. The topological polar surface area (TPSA) is 101 Å². The molecule has 2 fully saturated rings. The average molecular weight is 603 g/mol. The zero-order valence-electron chi connectivity index (χ0n) is 23.5. The summed E-state index contributed by atoms with van der Waals surface area (Å²) < 4.78 is 2.34. The van der Waals surface area contributed by atoms with E-state index in [-0.39, 0.29) is 0 Å². The molecular weight excluding hydrogens is 569 g/mol. The Morgan fingerprint density at radius 2 is 1.60 bits per heavy atom. The van der Waals surface area contributed by atoms with Gasteiger partial charge in [0, 0.05) is 67.3 Å². The Bertz CT molecular complexity index is 1740. The van der Waals surface area contributed by atoms with Crippen molar-refractivity contribution in [2.24, 2.45) is 0 Å². The van der Waals surface area contributed by atoms with Crippen molar-refractivity contribution in [2.75, 3.05) is 44.3 Å². The number of nitrogens with one attached hydrogen (secondary N) is 1. The molecule has 3 aromatic heterocycles. The summed E-state index contributed by atoms with van der Waals surface area (Å²) in [7, 11) is 2.22. The van der Waals surface area contributed by atoms with Crippen LogP contribution in [0.25, 0.3) is 33.1 Å². The van der Waals surface area contributed by atoms with E-state index in [0.29, 0.717) is 33.9 Å². The Hall–Kier alpha value is -3.50. The van der Waals surface area contributed by atoms with Gasteiger partial charge in [-0.25, -0.2) is 19.9 Å². The zero-order valence-corrected chi connectivity index (χ0v) is 25.0. The first-order chi connectivity index (χ1) is 20.4. The molecule has 7 rings (SSSR count). The number of benzene rings is 2. The lowest BCUT2D eigenvalue weighted by Gasteiger charge is -2.41. The molecule has 0 amide bonds. The van der Waals surface area contributed by atoms with E-state index in [1.807, 2.05) is 12.1 Å². The highest BCUT2D eigenvalue weighted by molar-refractivity contribution is 6.42. The summed E-state index contributed by atoms with van der Waals surface area (Å²) in [6.45, 7) is 4.67. The molecule has 1 aliphatic heterocycles. The van der Waals surface area contributed by atoms with E-state index in [1.54, 1.807) is 24.7 Å². The van der Waals surface area contributed by atoms with Crippen molar-refractivity contribution in [2.45, 2.75) is 37.8 Å². The molecule has 2 aromatic carbocycles. The lowest BCUT2D eigenvalue weighted by atomic mass is 9.89. The largest absolute Gasteiger partial charge is 0.383 e. The number of aromatic nitrogens is 5. The first kappa shape index (κ1) is 27.3. The fourth-order valence-corrected chi connectivity index (χ4v) is 6.77. The summed E-state index contributed by atoms with van der Waals surface area (Å²) in [6, 6.07) is 12.8. The summed E-state index contributed by atoms with van der Waals surface area (Å²) in [5, 5.41) is 5.97. The highest BCUT2D eigenvalue weighted by Gasteiger charge is 2.30. The smallest absolute Gasteiger partial charge is 0.227 e. The molecule has 216 valence electrons. The summed E-state index contributed by atoms with van der Waals surface area (Å²) in [5.74, 6) is 0.987. The summed E-state index contributed by atoms with van der Waals surface area (Å²) in [4.78, 5) is 23.2. The molecule has 0 unspecified atom stereocenters. The molecule has 42 heavy (non-hydrogen) atoms. The molecule has 1 aliphatic carbocycles. The first-order valence-corrected chi connectivity index (χ1v) is 15.2. The highest BCUT2D eigenvalue weighted by atomic mass is 35.5. The van der Waals surface area contributed by atoms with Crippen LogP contribution in [-0.4, -0.2) is 73.6 Å². The molecule has 2 aliphatic rings. The molecule has 0 spiro atoms. The number of rotatable bonds is 5. The highest BCUT2D eigenvalue weighted by Crippen LogP contribution is 2.39. The lowest BCUT2D eigenvalue weighted by molar-refractivity contribution is 0.0828. The number of hydrogen-bond donors (Lipinski definition) is 2. The second-order valence-electron chi connectivity index (χ2n) is 11.4. The number of piperazine rings is 1. The van der Waals surface area contributed by atoms with Gasteiger partial charge >= 0.3 is 0 Å². The van der Waals surface area contributed by atoms with Crippen LogP contribution >= 0.6 is 23.2 Å². The summed E-state index contributed by atoms with van der Waals surface area (Å²) in [6.07, 6.45) is 10.2. The van der Waals surface area contributed by atoms with Crippen LogP contribution in [0.15, 0.2) is 55.1 Å². The third kappa shape index (κ3) is 5.26. The SMILES string of the molecule is CN1CCN([C@H]2CC[C@@H](n3cc(-c4ccc(Nc5ncc6cc(Cl)c(Cl)cc6n5)cc4)c4c(N)ncnc43)CC2)CC1. The van der Waals surface area contributed by atoms with E-state index < -0.39 is 0 Å². The number of hydrogen-bond acceptors (Lipinski definition) is 8. The number of likely N-dealkylation sites (N-methyl/N-ethyl adjacent to an activating group) is 1. The van der Waals surface area contributed by atoms with Gasteiger partial charge in [-0.1, -0.05) is 35.3 Å². The van der Waals surface area contributed by atoms with Gasteiger partial charge in [-0.15, -0.1) is 0 Å². The van der Waals surface area contributed by atoms with E-state index in [2.05, 4.69) is 60.0 Å². The number of halogens is 2. The van der Waals surface area contributed by atoms with Gasteiger partial charge < -0.3 is 20.5 Å². The monoisotopic (exact) mass is 601 g/mol. The predicted octanol–water partition coefficient (Wildman–Crippen LogP) is 6.41. The van der Waals surface area contributed by atoms with Crippen LogP contribution in [0.1, 0.15) is 31.7 Å². The number of anilines is 3. The van der Waals surface area contributed by atoms with Gasteiger partial charge in [-0.3, -0.25) is 4.90 Å². The molecule has 1 saturated carbocycles.